The maximum atomic E-state index is 10.8. The van der Waals surface area contributed by atoms with Crippen LogP contribution in [-0.2, 0) is 19.0 Å². The van der Waals surface area contributed by atoms with Crippen molar-refractivity contribution in [1.29, 1.82) is 0 Å². The second-order valence-corrected chi connectivity index (χ2v) is 3.08. The zero-order valence-corrected chi connectivity index (χ0v) is 9.30. The van der Waals surface area contributed by atoms with Crippen molar-refractivity contribution >= 4 is 5.97 Å². The van der Waals surface area contributed by atoms with E-state index >= 15 is 0 Å². The standard InChI is InChI=1S/C9H19NO6/c1-14-7(3-11)5-15-6-8(4-12)16-9(13)2-10/h7-8,11-12H,2-6,10H2,1H3. The topological polar surface area (TPSA) is 111 Å². The first-order valence-corrected chi connectivity index (χ1v) is 4.89. The first-order chi connectivity index (χ1) is 7.67. The first kappa shape index (κ1) is 15.3. The lowest BCUT2D eigenvalue weighted by Crippen LogP contribution is -2.32. The van der Waals surface area contributed by atoms with Gasteiger partial charge in [-0.3, -0.25) is 4.79 Å². The molecule has 0 aromatic heterocycles. The van der Waals surface area contributed by atoms with Gasteiger partial charge in [0, 0.05) is 7.11 Å². The Labute approximate surface area is 94.1 Å². The number of methoxy groups -OCH3 is 1. The van der Waals surface area contributed by atoms with Gasteiger partial charge in [0.25, 0.3) is 0 Å². The molecule has 0 fully saturated rings. The van der Waals surface area contributed by atoms with Crippen molar-refractivity contribution in [3.8, 4) is 0 Å². The normalized spacial score (nSPS) is 14.5. The molecule has 0 aromatic rings. The largest absolute Gasteiger partial charge is 0.457 e. The summed E-state index contributed by atoms with van der Waals surface area (Å²) in [6, 6.07) is 0. The van der Waals surface area contributed by atoms with E-state index in [0.717, 1.165) is 0 Å². The van der Waals surface area contributed by atoms with Crippen molar-refractivity contribution < 1.29 is 29.2 Å². The average Bonchev–Trinajstić information content (AvgIpc) is 2.32. The van der Waals surface area contributed by atoms with Crippen LogP contribution in [0.4, 0.5) is 0 Å². The van der Waals surface area contributed by atoms with Crippen molar-refractivity contribution in [3.63, 3.8) is 0 Å². The fourth-order valence-electron chi connectivity index (χ4n) is 0.884. The van der Waals surface area contributed by atoms with Gasteiger partial charge in [0.05, 0.1) is 33.0 Å². The van der Waals surface area contributed by atoms with Gasteiger partial charge < -0.3 is 30.2 Å². The molecule has 0 heterocycles. The molecule has 16 heavy (non-hydrogen) atoms. The molecule has 2 atom stereocenters. The molecule has 0 bridgehead atoms. The Morgan fingerprint density at radius 2 is 1.81 bits per heavy atom. The lowest BCUT2D eigenvalue weighted by molar-refractivity contribution is -0.154. The lowest BCUT2D eigenvalue weighted by atomic mass is 10.4. The van der Waals surface area contributed by atoms with Crippen molar-refractivity contribution in [3.05, 3.63) is 0 Å². The Kier molecular flexibility index (Phi) is 9.06. The van der Waals surface area contributed by atoms with Crippen LogP contribution in [0.5, 0.6) is 0 Å². The van der Waals surface area contributed by atoms with Gasteiger partial charge >= 0.3 is 5.97 Å². The van der Waals surface area contributed by atoms with E-state index in [1.165, 1.54) is 7.11 Å². The van der Waals surface area contributed by atoms with Gasteiger partial charge in [0.15, 0.2) is 0 Å². The zero-order valence-electron chi connectivity index (χ0n) is 9.30. The molecule has 0 rings (SSSR count). The van der Waals surface area contributed by atoms with Gasteiger partial charge in [0.2, 0.25) is 0 Å². The molecule has 0 saturated carbocycles. The predicted molar refractivity (Wildman–Crippen MR) is 54.7 cm³/mol. The molecule has 96 valence electrons. The molecule has 2 unspecified atom stereocenters. The number of carbonyl (C=O) groups is 1. The third kappa shape index (κ3) is 6.70. The summed E-state index contributed by atoms with van der Waals surface area (Å²) in [6.45, 7) is -0.564. The fraction of sp³-hybridized carbons (Fsp3) is 0.889. The number of aliphatic hydroxyl groups excluding tert-OH is 2. The monoisotopic (exact) mass is 237 g/mol. The Morgan fingerprint density at radius 1 is 1.25 bits per heavy atom. The number of carbonyl (C=O) groups excluding carboxylic acids is 1. The van der Waals surface area contributed by atoms with E-state index in [1.807, 2.05) is 0 Å². The molecule has 0 saturated heterocycles. The highest BCUT2D eigenvalue weighted by Crippen LogP contribution is 1.96. The molecule has 7 heteroatoms. The summed E-state index contributed by atoms with van der Waals surface area (Å²) in [6.07, 6.45) is -1.17. The summed E-state index contributed by atoms with van der Waals surface area (Å²) in [5.74, 6) is -0.604. The molecule has 0 aliphatic carbocycles. The van der Waals surface area contributed by atoms with Crippen molar-refractivity contribution in [1.82, 2.24) is 0 Å². The number of esters is 1. The maximum Gasteiger partial charge on any atom is 0.320 e. The Hall–Kier alpha value is -0.730. The molecule has 0 radical (unpaired) electrons. The van der Waals surface area contributed by atoms with Gasteiger partial charge in [-0.1, -0.05) is 0 Å². The van der Waals surface area contributed by atoms with Crippen LogP contribution in [-0.4, -0.2) is 68.5 Å². The van der Waals surface area contributed by atoms with Gasteiger partial charge in [0.1, 0.15) is 12.2 Å². The van der Waals surface area contributed by atoms with Crippen molar-refractivity contribution in [2.45, 2.75) is 12.2 Å². The van der Waals surface area contributed by atoms with Gasteiger partial charge in [-0.05, 0) is 0 Å². The Bertz CT molecular complexity index is 185. The Balaban J connectivity index is 3.74. The van der Waals surface area contributed by atoms with Crippen LogP contribution < -0.4 is 5.73 Å². The average molecular weight is 237 g/mol. The molecule has 7 nitrogen and oxygen atoms in total. The number of rotatable bonds is 9. The van der Waals surface area contributed by atoms with Gasteiger partial charge in [-0.25, -0.2) is 0 Å². The summed E-state index contributed by atoms with van der Waals surface area (Å²) < 4.78 is 14.7. The summed E-state index contributed by atoms with van der Waals surface area (Å²) in [5, 5.41) is 17.6. The van der Waals surface area contributed by atoms with Crippen LogP contribution in [0.15, 0.2) is 0 Å². The molecular formula is C9H19NO6. The van der Waals surface area contributed by atoms with Crippen molar-refractivity contribution in [2.24, 2.45) is 5.73 Å². The molecule has 0 aliphatic rings. The number of nitrogens with two attached hydrogens (primary N) is 1. The number of hydrogen-bond acceptors (Lipinski definition) is 7. The highest BCUT2D eigenvalue weighted by atomic mass is 16.6. The van der Waals surface area contributed by atoms with Crippen LogP contribution in [0.3, 0.4) is 0 Å². The van der Waals surface area contributed by atoms with Crippen LogP contribution in [0.2, 0.25) is 0 Å². The number of ether oxygens (including phenoxy) is 3. The highest BCUT2D eigenvalue weighted by molar-refractivity contribution is 5.71. The van der Waals surface area contributed by atoms with E-state index in [9.17, 15) is 4.79 Å². The van der Waals surface area contributed by atoms with E-state index in [0.29, 0.717) is 0 Å². The smallest absolute Gasteiger partial charge is 0.320 e. The predicted octanol–water partition coefficient (Wildman–Crippen LogP) is -2.13. The summed E-state index contributed by atoms with van der Waals surface area (Å²) in [7, 11) is 1.45. The fourth-order valence-corrected chi connectivity index (χ4v) is 0.884. The number of hydrogen-bond donors (Lipinski definition) is 3. The number of aliphatic hydroxyl groups is 2. The quantitative estimate of drug-likeness (QED) is 0.393. The van der Waals surface area contributed by atoms with Crippen LogP contribution in [0.1, 0.15) is 0 Å². The van der Waals surface area contributed by atoms with E-state index in [1.54, 1.807) is 0 Å². The van der Waals surface area contributed by atoms with Crippen LogP contribution in [0.25, 0.3) is 0 Å². The van der Waals surface area contributed by atoms with Crippen molar-refractivity contribution in [2.75, 3.05) is 40.1 Å². The second-order valence-electron chi connectivity index (χ2n) is 3.08. The van der Waals surface area contributed by atoms with Gasteiger partial charge in [-0.2, -0.15) is 0 Å². The minimum absolute atomic E-state index is 0.0299. The van der Waals surface area contributed by atoms with Gasteiger partial charge in [-0.15, -0.1) is 0 Å². The molecule has 0 amide bonds. The second kappa shape index (κ2) is 9.49. The maximum absolute atomic E-state index is 10.8. The van der Waals surface area contributed by atoms with Crippen LogP contribution in [0, 0.1) is 0 Å². The highest BCUT2D eigenvalue weighted by Gasteiger charge is 2.14. The van der Waals surface area contributed by atoms with Crippen LogP contribution >= 0.6 is 0 Å². The van der Waals surface area contributed by atoms with E-state index < -0.39 is 18.2 Å². The summed E-state index contributed by atoms with van der Waals surface area (Å²) >= 11 is 0. The molecule has 0 aliphatic heterocycles. The molecule has 4 N–H and O–H groups in total. The third-order valence-corrected chi connectivity index (χ3v) is 1.81. The Morgan fingerprint density at radius 3 is 2.25 bits per heavy atom. The lowest BCUT2D eigenvalue weighted by Gasteiger charge is -2.17. The molecular weight excluding hydrogens is 218 g/mol. The minimum atomic E-state index is -0.743. The molecule has 0 aromatic carbocycles. The first-order valence-electron chi connectivity index (χ1n) is 4.89. The SMILES string of the molecule is COC(CO)COCC(CO)OC(=O)CN. The summed E-state index contributed by atoms with van der Waals surface area (Å²) in [5.41, 5.74) is 5.04. The minimum Gasteiger partial charge on any atom is -0.457 e. The van der Waals surface area contributed by atoms with E-state index in [-0.39, 0.29) is 33.0 Å². The van der Waals surface area contributed by atoms with E-state index in [2.05, 4.69) is 0 Å². The molecule has 0 spiro atoms. The zero-order chi connectivity index (χ0) is 12.4. The third-order valence-electron chi connectivity index (χ3n) is 1.81. The van der Waals surface area contributed by atoms with E-state index in [4.69, 9.17) is 30.2 Å². The summed E-state index contributed by atoms with van der Waals surface area (Å²) in [4.78, 5) is 10.8.